The fourth-order valence-electron chi connectivity index (χ4n) is 3.92. The minimum atomic E-state index is -4.29. The number of sulfonamides is 1. The van der Waals surface area contributed by atoms with Gasteiger partial charge in [-0.15, -0.1) is 0 Å². The molecule has 0 radical (unpaired) electrons. The van der Waals surface area contributed by atoms with Crippen molar-refractivity contribution in [2.75, 3.05) is 24.4 Å². The van der Waals surface area contributed by atoms with Crippen LogP contribution in [0.15, 0.2) is 58.1 Å². The highest BCUT2D eigenvalue weighted by Crippen LogP contribution is 2.48. The van der Waals surface area contributed by atoms with E-state index in [4.69, 9.17) is 13.9 Å². The maximum absolute atomic E-state index is 14.0. The molecule has 0 amide bonds. The molecule has 3 aromatic rings. The summed E-state index contributed by atoms with van der Waals surface area (Å²) < 4.78 is 59.1. The van der Waals surface area contributed by atoms with E-state index < -0.39 is 22.0 Å². The van der Waals surface area contributed by atoms with E-state index in [1.165, 1.54) is 12.3 Å². The zero-order chi connectivity index (χ0) is 25.9. The van der Waals surface area contributed by atoms with Crippen LogP contribution in [0.5, 0.6) is 11.5 Å². The molecule has 11 heteroatoms. The molecule has 1 aliphatic rings. The molecule has 1 aliphatic heterocycles. The largest absolute Gasteiger partial charge is 0.511 e. The third-order valence-electron chi connectivity index (χ3n) is 5.75. The monoisotopic (exact) mass is 516 g/mol. The smallest absolute Gasteiger partial charge is 0.481 e. The van der Waals surface area contributed by atoms with Gasteiger partial charge in [-0.3, -0.25) is 4.72 Å². The van der Waals surface area contributed by atoms with Crippen LogP contribution in [0.2, 0.25) is 0 Å². The van der Waals surface area contributed by atoms with Gasteiger partial charge in [0.15, 0.2) is 5.75 Å². The van der Waals surface area contributed by atoms with Crippen molar-refractivity contribution in [3.63, 3.8) is 0 Å². The van der Waals surface area contributed by atoms with Crippen LogP contribution in [-0.2, 0) is 16.6 Å². The van der Waals surface area contributed by atoms with E-state index >= 15 is 0 Å². The summed E-state index contributed by atoms with van der Waals surface area (Å²) in [7, 11) is -4.29. The molecule has 9 nitrogen and oxygen atoms in total. The third-order valence-corrected chi connectivity index (χ3v) is 7.19. The van der Waals surface area contributed by atoms with Gasteiger partial charge in [-0.05, 0) is 55.1 Å². The summed E-state index contributed by atoms with van der Waals surface area (Å²) in [6.07, 6.45) is 3.13. The molecule has 190 valence electrons. The summed E-state index contributed by atoms with van der Waals surface area (Å²) in [5.41, 5.74) is 1.17. The van der Waals surface area contributed by atoms with Crippen molar-refractivity contribution in [3.8, 4) is 22.6 Å². The molecule has 0 saturated carbocycles. The van der Waals surface area contributed by atoms with E-state index in [0.29, 0.717) is 23.4 Å². The number of hydrogen-bond donors (Lipinski definition) is 2. The molecule has 4 rings (SSSR count). The van der Waals surface area contributed by atoms with Gasteiger partial charge in [0.25, 0.3) is 10.0 Å². The molecule has 0 bridgehead atoms. The van der Waals surface area contributed by atoms with Gasteiger partial charge >= 0.3 is 6.16 Å². The molecule has 2 aromatic carbocycles. The SMILES string of the molecule is CCN(CC)C/C=C/c1cc(F)ccc1S(=O)(=O)Nc1ccc2c(c1OC(=O)O)OCc1occc1-2. The summed E-state index contributed by atoms with van der Waals surface area (Å²) in [5, 5.41) is 9.29. The number of carboxylic acid groups (broad SMARTS) is 1. The Hall–Kier alpha value is -3.83. The standard InChI is InChI=1S/C25H25FN2O7S/c1-3-28(4-2)12-5-6-16-14-17(26)7-10-22(16)36(31,32)27-20-9-8-19-18-11-13-33-21(18)15-34-23(19)24(20)35-25(29)30/h5-11,13-14,27H,3-4,12,15H2,1-2H3,(H,29,30)/b6-5+. The normalized spacial score (nSPS) is 12.8. The molecular weight excluding hydrogens is 491 g/mol. The molecule has 0 saturated heterocycles. The van der Waals surface area contributed by atoms with Gasteiger partial charge in [0.1, 0.15) is 18.2 Å². The average Bonchev–Trinajstić information content (AvgIpc) is 3.32. The van der Waals surface area contributed by atoms with E-state index in [9.17, 15) is 22.7 Å². The number of benzene rings is 2. The van der Waals surface area contributed by atoms with Crippen molar-refractivity contribution < 1.29 is 36.6 Å². The van der Waals surface area contributed by atoms with Crippen molar-refractivity contribution in [2.45, 2.75) is 25.3 Å². The Balaban J connectivity index is 1.72. The van der Waals surface area contributed by atoms with Crippen LogP contribution in [0, 0.1) is 5.82 Å². The van der Waals surface area contributed by atoms with Crippen LogP contribution in [0.1, 0.15) is 25.2 Å². The van der Waals surface area contributed by atoms with E-state index in [1.807, 2.05) is 13.8 Å². The first-order chi connectivity index (χ1) is 17.2. The lowest BCUT2D eigenvalue weighted by Gasteiger charge is -2.21. The maximum atomic E-state index is 14.0. The second kappa shape index (κ2) is 10.4. The van der Waals surface area contributed by atoms with Crippen LogP contribution < -0.4 is 14.2 Å². The van der Waals surface area contributed by atoms with Gasteiger partial charge < -0.3 is 23.9 Å². The number of hydrogen-bond acceptors (Lipinski definition) is 7. The number of fused-ring (bicyclic) bond motifs is 3. The van der Waals surface area contributed by atoms with Gasteiger partial charge in [-0.25, -0.2) is 17.6 Å². The minimum absolute atomic E-state index is 0.0148. The fourth-order valence-corrected chi connectivity index (χ4v) is 5.17. The molecule has 2 heterocycles. The molecule has 2 N–H and O–H groups in total. The maximum Gasteiger partial charge on any atom is 0.511 e. The number of nitrogens with zero attached hydrogens (tertiary/aromatic N) is 1. The van der Waals surface area contributed by atoms with Gasteiger partial charge in [0.05, 0.1) is 16.8 Å². The summed E-state index contributed by atoms with van der Waals surface area (Å²) in [4.78, 5) is 13.3. The van der Waals surface area contributed by atoms with E-state index in [0.717, 1.165) is 31.3 Å². The molecule has 0 fully saturated rings. The van der Waals surface area contributed by atoms with E-state index in [1.54, 1.807) is 24.3 Å². The molecule has 0 atom stereocenters. The van der Waals surface area contributed by atoms with Crippen molar-refractivity contribution in [1.82, 2.24) is 4.90 Å². The predicted molar refractivity (Wildman–Crippen MR) is 131 cm³/mol. The van der Waals surface area contributed by atoms with Crippen molar-refractivity contribution in [3.05, 3.63) is 65.9 Å². The highest BCUT2D eigenvalue weighted by Gasteiger charge is 2.29. The number of likely N-dealkylation sites (N-methyl/N-ethyl adjacent to an activating group) is 1. The zero-order valence-corrected chi connectivity index (χ0v) is 20.5. The molecule has 36 heavy (non-hydrogen) atoms. The Morgan fingerprint density at radius 3 is 2.69 bits per heavy atom. The summed E-state index contributed by atoms with van der Waals surface area (Å²) in [6, 6.07) is 7.96. The highest BCUT2D eigenvalue weighted by atomic mass is 32.2. The van der Waals surface area contributed by atoms with Crippen LogP contribution in [0.4, 0.5) is 14.9 Å². The van der Waals surface area contributed by atoms with E-state index in [2.05, 4.69) is 9.62 Å². The minimum Gasteiger partial charge on any atom is -0.481 e. The second-order valence-electron chi connectivity index (χ2n) is 7.91. The van der Waals surface area contributed by atoms with Crippen molar-refractivity contribution >= 4 is 27.9 Å². The predicted octanol–water partition coefficient (Wildman–Crippen LogP) is 5.19. The van der Waals surface area contributed by atoms with Gasteiger partial charge in [0, 0.05) is 17.7 Å². The lowest BCUT2D eigenvalue weighted by molar-refractivity contribution is 0.141. The number of nitrogens with one attached hydrogen (secondary N) is 1. The number of furan rings is 1. The molecule has 0 spiro atoms. The second-order valence-corrected chi connectivity index (χ2v) is 9.56. The van der Waals surface area contributed by atoms with Crippen LogP contribution >= 0.6 is 0 Å². The number of carbonyl (C=O) groups is 1. The number of halogens is 1. The van der Waals surface area contributed by atoms with E-state index in [-0.39, 0.29) is 34.3 Å². The summed E-state index contributed by atoms with van der Waals surface area (Å²) >= 11 is 0. The van der Waals surface area contributed by atoms with Crippen LogP contribution in [0.3, 0.4) is 0 Å². The Morgan fingerprint density at radius 1 is 1.19 bits per heavy atom. The van der Waals surface area contributed by atoms with Crippen molar-refractivity contribution in [2.24, 2.45) is 0 Å². The molecule has 0 aliphatic carbocycles. The average molecular weight is 517 g/mol. The van der Waals surface area contributed by atoms with Gasteiger partial charge in [0.2, 0.25) is 5.75 Å². The number of rotatable bonds is 9. The Labute approximate surface area is 207 Å². The topological polar surface area (TPSA) is 118 Å². The number of anilines is 1. The third kappa shape index (κ3) is 5.21. The molecule has 1 aromatic heterocycles. The quantitative estimate of drug-likeness (QED) is 0.295. The first-order valence-electron chi connectivity index (χ1n) is 11.2. The van der Waals surface area contributed by atoms with Crippen LogP contribution in [-0.4, -0.2) is 44.2 Å². The Morgan fingerprint density at radius 2 is 1.97 bits per heavy atom. The van der Waals surface area contributed by atoms with Crippen molar-refractivity contribution in [1.29, 1.82) is 0 Å². The van der Waals surface area contributed by atoms with Gasteiger partial charge in [-0.1, -0.05) is 26.0 Å². The number of ether oxygens (including phenoxy) is 2. The molecular formula is C25H25FN2O7S. The fraction of sp³-hybridized carbons (Fsp3) is 0.240. The first-order valence-corrected chi connectivity index (χ1v) is 12.7. The molecule has 0 unspecified atom stereocenters. The van der Waals surface area contributed by atoms with Gasteiger partial charge in [-0.2, -0.15) is 0 Å². The summed E-state index contributed by atoms with van der Waals surface area (Å²) in [6.45, 7) is 6.21. The summed E-state index contributed by atoms with van der Waals surface area (Å²) in [5.74, 6) is -0.296. The Kier molecular flexibility index (Phi) is 7.32. The zero-order valence-electron chi connectivity index (χ0n) is 19.7. The highest BCUT2D eigenvalue weighted by molar-refractivity contribution is 7.92. The lowest BCUT2D eigenvalue weighted by atomic mass is 10.0. The Bertz CT molecular complexity index is 1410. The lowest BCUT2D eigenvalue weighted by Crippen LogP contribution is -2.22. The first kappa shape index (κ1) is 25.3. The van der Waals surface area contributed by atoms with Crippen LogP contribution in [0.25, 0.3) is 17.2 Å².